The summed E-state index contributed by atoms with van der Waals surface area (Å²) in [7, 11) is 0. The zero-order valence-electron chi connectivity index (χ0n) is 12.1. The van der Waals surface area contributed by atoms with E-state index in [1.54, 1.807) is 11.3 Å². The van der Waals surface area contributed by atoms with Crippen LogP contribution in [0.1, 0.15) is 18.4 Å². The van der Waals surface area contributed by atoms with E-state index < -0.39 is 0 Å². The van der Waals surface area contributed by atoms with Gasteiger partial charge in [0, 0.05) is 45.7 Å². The highest BCUT2D eigenvalue weighted by atomic mass is 32.1. The largest absolute Gasteiger partial charge is 0.355 e. The maximum Gasteiger partial charge on any atom is 0.227 e. The number of piperazine rings is 1. The van der Waals surface area contributed by atoms with Gasteiger partial charge in [0.2, 0.25) is 11.8 Å². The highest BCUT2D eigenvalue weighted by Crippen LogP contribution is 2.17. The Labute approximate surface area is 128 Å². The summed E-state index contributed by atoms with van der Waals surface area (Å²) in [5.41, 5.74) is 1.36. The van der Waals surface area contributed by atoms with Gasteiger partial charge in [0.15, 0.2) is 0 Å². The third-order valence-corrected chi connectivity index (χ3v) is 5.02. The second kappa shape index (κ2) is 6.58. The van der Waals surface area contributed by atoms with E-state index in [1.807, 2.05) is 4.90 Å². The van der Waals surface area contributed by atoms with Crippen LogP contribution in [-0.4, -0.2) is 54.3 Å². The lowest BCUT2D eigenvalue weighted by Gasteiger charge is -2.37. The molecule has 2 fully saturated rings. The van der Waals surface area contributed by atoms with Crippen LogP contribution < -0.4 is 5.32 Å². The summed E-state index contributed by atoms with van der Waals surface area (Å²) in [6.07, 6.45) is 1.17. The summed E-state index contributed by atoms with van der Waals surface area (Å²) >= 11 is 1.73. The van der Waals surface area contributed by atoms with Crippen molar-refractivity contribution in [3.63, 3.8) is 0 Å². The zero-order valence-corrected chi connectivity index (χ0v) is 12.9. The molecule has 3 heterocycles. The predicted molar refractivity (Wildman–Crippen MR) is 81.9 cm³/mol. The Balaban J connectivity index is 1.46. The van der Waals surface area contributed by atoms with E-state index in [0.717, 1.165) is 32.7 Å². The minimum Gasteiger partial charge on any atom is -0.355 e. The first-order valence-electron chi connectivity index (χ1n) is 7.51. The first-order valence-corrected chi connectivity index (χ1v) is 8.45. The Hall–Kier alpha value is -1.40. The normalized spacial score (nSPS) is 23.9. The highest BCUT2D eigenvalue weighted by molar-refractivity contribution is 7.07. The van der Waals surface area contributed by atoms with Crippen LogP contribution in [0.15, 0.2) is 16.8 Å². The fraction of sp³-hybridized carbons (Fsp3) is 0.600. The number of hydrogen-bond acceptors (Lipinski definition) is 4. The third kappa shape index (κ3) is 3.63. The van der Waals surface area contributed by atoms with Gasteiger partial charge in [-0.3, -0.25) is 14.5 Å². The van der Waals surface area contributed by atoms with E-state index in [2.05, 4.69) is 27.0 Å². The maximum atomic E-state index is 12.4. The van der Waals surface area contributed by atoms with Crippen LogP contribution in [0.25, 0.3) is 0 Å². The van der Waals surface area contributed by atoms with Gasteiger partial charge in [-0.15, -0.1) is 0 Å². The Morgan fingerprint density at radius 3 is 2.76 bits per heavy atom. The molecule has 21 heavy (non-hydrogen) atoms. The van der Waals surface area contributed by atoms with Crippen LogP contribution in [-0.2, 0) is 16.1 Å². The van der Waals surface area contributed by atoms with Gasteiger partial charge in [-0.25, -0.2) is 0 Å². The lowest BCUT2D eigenvalue weighted by Crippen LogP contribution is -2.52. The molecular weight excluding hydrogens is 286 g/mol. The van der Waals surface area contributed by atoms with Crippen LogP contribution in [0, 0.1) is 5.92 Å². The van der Waals surface area contributed by atoms with Gasteiger partial charge in [-0.2, -0.15) is 11.3 Å². The molecule has 0 saturated carbocycles. The average molecular weight is 307 g/mol. The first-order chi connectivity index (χ1) is 10.2. The molecule has 6 heteroatoms. The molecule has 2 saturated heterocycles. The van der Waals surface area contributed by atoms with Crippen molar-refractivity contribution in [1.29, 1.82) is 0 Å². The quantitative estimate of drug-likeness (QED) is 0.903. The molecule has 0 aliphatic carbocycles. The molecule has 2 aliphatic heterocycles. The van der Waals surface area contributed by atoms with E-state index in [1.165, 1.54) is 5.56 Å². The van der Waals surface area contributed by atoms with Gasteiger partial charge in [0.05, 0.1) is 5.92 Å². The fourth-order valence-electron chi connectivity index (χ4n) is 2.97. The molecule has 1 aromatic rings. The Bertz CT molecular complexity index is 485. The molecule has 2 amide bonds. The van der Waals surface area contributed by atoms with Gasteiger partial charge in [0.1, 0.15) is 0 Å². The molecule has 1 aromatic heterocycles. The number of rotatable bonds is 3. The Morgan fingerprint density at radius 2 is 2.14 bits per heavy atom. The van der Waals surface area contributed by atoms with Crippen molar-refractivity contribution in [2.45, 2.75) is 19.4 Å². The molecule has 0 bridgehead atoms. The van der Waals surface area contributed by atoms with Crippen molar-refractivity contribution < 1.29 is 9.59 Å². The summed E-state index contributed by atoms with van der Waals surface area (Å²) < 4.78 is 0. The average Bonchev–Trinajstić information content (AvgIpc) is 3.01. The number of carbonyl (C=O) groups excluding carboxylic acids is 2. The Morgan fingerprint density at radius 1 is 1.33 bits per heavy atom. The van der Waals surface area contributed by atoms with Crippen molar-refractivity contribution in [2.24, 2.45) is 5.92 Å². The highest BCUT2D eigenvalue weighted by Gasteiger charge is 2.30. The smallest absolute Gasteiger partial charge is 0.227 e. The van der Waals surface area contributed by atoms with Crippen molar-refractivity contribution >= 4 is 23.2 Å². The van der Waals surface area contributed by atoms with Crippen LogP contribution in [0.3, 0.4) is 0 Å². The predicted octanol–water partition coefficient (Wildman–Crippen LogP) is 0.918. The van der Waals surface area contributed by atoms with E-state index in [0.29, 0.717) is 19.4 Å². The van der Waals surface area contributed by atoms with E-state index in [9.17, 15) is 9.59 Å². The van der Waals surface area contributed by atoms with Crippen molar-refractivity contribution in [3.05, 3.63) is 22.4 Å². The molecular formula is C15H21N3O2S. The molecule has 1 atom stereocenters. The second-order valence-corrected chi connectivity index (χ2v) is 6.55. The van der Waals surface area contributed by atoms with Gasteiger partial charge in [0.25, 0.3) is 0 Å². The summed E-state index contributed by atoms with van der Waals surface area (Å²) in [6.45, 7) is 4.94. The van der Waals surface area contributed by atoms with Crippen LogP contribution in [0.5, 0.6) is 0 Å². The molecule has 3 rings (SSSR count). The number of carbonyl (C=O) groups is 2. The first kappa shape index (κ1) is 14.5. The van der Waals surface area contributed by atoms with Crippen LogP contribution in [0.4, 0.5) is 0 Å². The summed E-state index contributed by atoms with van der Waals surface area (Å²) in [4.78, 5) is 28.0. The lowest BCUT2D eigenvalue weighted by molar-refractivity contribution is -0.139. The number of thiophene rings is 1. The van der Waals surface area contributed by atoms with Gasteiger partial charge < -0.3 is 10.2 Å². The monoisotopic (exact) mass is 307 g/mol. The number of nitrogens with one attached hydrogen (secondary N) is 1. The number of nitrogens with zero attached hydrogens (tertiary/aromatic N) is 2. The molecule has 1 unspecified atom stereocenters. The molecule has 5 nitrogen and oxygen atoms in total. The topological polar surface area (TPSA) is 52.7 Å². The minimum absolute atomic E-state index is 0.0221. The molecule has 114 valence electrons. The van der Waals surface area contributed by atoms with Crippen molar-refractivity contribution in [1.82, 2.24) is 15.1 Å². The molecule has 0 spiro atoms. The number of piperidine rings is 1. The van der Waals surface area contributed by atoms with E-state index in [4.69, 9.17) is 0 Å². The number of hydrogen-bond donors (Lipinski definition) is 1. The summed E-state index contributed by atoms with van der Waals surface area (Å²) in [5, 5.41) is 7.08. The minimum atomic E-state index is -0.0221. The lowest BCUT2D eigenvalue weighted by atomic mass is 9.97. The molecule has 1 N–H and O–H groups in total. The SMILES string of the molecule is O=C1CCC(C(=O)N2CCN(Cc3ccsc3)CC2)CN1. The van der Waals surface area contributed by atoms with E-state index >= 15 is 0 Å². The molecule has 0 aromatic carbocycles. The summed E-state index contributed by atoms with van der Waals surface area (Å²) in [6, 6.07) is 2.16. The maximum absolute atomic E-state index is 12.4. The standard InChI is InChI=1S/C15H21N3O2S/c19-14-2-1-13(9-16-14)15(20)18-6-4-17(5-7-18)10-12-3-8-21-11-12/h3,8,11,13H,1-2,4-7,9-10H2,(H,16,19). The van der Waals surface area contributed by atoms with Gasteiger partial charge in [-0.05, 0) is 28.8 Å². The van der Waals surface area contributed by atoms with Crippen LogP contribution in [0.2, 0.25) is 0 Å². The number of amides is 2. The van der Waals surface area contributed by atoms with Crippen molar-refractivity contribution in [2.75, 3.05) is 32.7 Å². The van der Waals surface area contributed by atoms with Gasteiger partial charge >= 0.3 is 0 Å². The summed E-state index contributed by atoms with van der Waals surface area (Å²) in [5.74, 6) is 0.260. The molecule has 0 radical (unpaired) electrons. The van der Waals surface area contributed by atoms with Crippen molar-refractivity contribution in [3.8, 4) is 0 Å². The zero-order chi connectivity index (χ0) is 14.7. The third-order valence-electron chi connectivity index (χ3n) is 4.28. The fourth-order valence-corrected chi connectivity index (χ4v) is 3.63. The van der Waals surface area contributed by atoms with Crippen LogP contribution >= 0.6 is 11.3 Å². The second-order valence-electron chi connectivity index (χ2n) is 5.77. The molecule has 2 aliphatic rings. The Kier molecular flexibility index (Phi) is 4.55. The van der Waals surface area contributed by atoms with E-state index in [-0.39, 0.29) is 17.7 Å². The van der Waals surface area contributed by atoms with Gasteiger partial charge in [-0.1, -0.05) is 0 Å².